The molecular weight excluding hydrogens is 404 g/mol. The molecule has 31 heavy (non-hydrogen) atoms. The van der Waals surface area contributed by atoms with Crippen LogP contribution in [-0.4, -0.2) is 54.2 Å². The summed E-state index contributed by atoms with van der Waals surface area (Å²) < 4.78 is 33.9. The predicted octanol–water partition coefficient (Wildman–Crippen LogP) is 3.53. The van der Waals surface area contributed by atoms with Crippen molar-refractivity contribution >= 4 is 17.5 Å². The molecule has 0 aromatic heterocycles. The molecule has 0 saturated carbocycles. The molecule has 0 aliphatic carbocycles. The van der Waals surface area contributed by atoms with Crippen LogP contribution < -0.4 is 0 Å². The summed E-state index contributed by atoms with van der Waals surface area (Å²) in [6, 6.07) is 11.5. The Labute approximate surface area is 180 Å². The second kappa shape index (κ2) is 10.3. The molecule has 6 nitrogen and oxygen atoms in total. The number of methoxy groups -OCH3 is 1. The number of hydrazone groups is 1. The molecule has 0 N–H and O–H groups in total. The van der Waals surface area contributed by atoms with Crippen LogP contribution in [0.5, 0.6) is 0 Å². The fraction of sp³-hybridized carbons (Fsp3) is 0.348. The summed E-state index contributed by atoms with van der Waals surface area (Å²) >= 11 is 0. The van der Waals surface area contributed by atoms with E-state index in [4.69, 9.17) is 4.74 Å². The Morgan fingerprint density at radius 1 is 1.13 bits per heavy atom. The number of carbonyl (C=O) groups excluding carboxylic acids is 2. The highest BCUT2D eigenvalue weighted by atomic mass is 19.1. The van der Waals surface area contributed by atoms with Crippen LogP contribution in [0.4, 0.5) is 8.78 Å². The minimum Gasteiger partial charge on any atom is -0.383 e. The second-order valence-electron chi connectivity index (χ2n) is 7.17. The molecule has 0 bridgehead atoms. The third kappa shape index (κ3) is 5.14. The van der Waals surface area contributed by atoms with Gasteiger partial charge in [0, 0.05) is 37.6 Å². The summed E-state index contributed by atoms with van der Waals surface area (Å²) in [6.07, 6.45) is 0.394. The van der Waals surface area contributed by atoms with E-state index in [2.05, 4.69) is 5.10 Å². The van der Waals surface area contributed by atoms with Gasteiger partial charge in [0.15, 0.2) is 0 Å². The largest absolute Gasteiger partial charge is 0.383 e. The fourth-order valence-corrected chi connectivity index (χ4v) is 3.54. The van der Waals surface area contributed by atoms with Crippen LogP contribution in [0, 0.1) is 11.6 Å². The van der Waals surface area contributed by atoms with E-state index in [1.165, 1.54) is 29.2 Å². The Morgan fingerprint density at radius 2 is 1.81 bits per heavy atom. The van der Waals surface area contributed by atoms with Crippen LogP contribution in [-0.2, 0) is 14.3 Å². The van der Waals surface area contributed by atoms with Gasteiger partial charge in [-0.05, 0) is 12.1 Å². The average Bonchev–Trinajstić information content (AvgIpc) is 3.21. The first-order valence-electron chi connectivity index (χ1n) is 10.1. The highest BCUT2D eigenvalue weighted by Crippen LogP contribution is 2.34. The van der Waals surface area contributed by atoms with Crippen molar-refractivity contribution in [2.45, 2.75) is 25.8 Å². The molecule has 0 radical (unpaired) electrons. The van der Waals surface area contributed by atoms with Gasteiger partial charge in [0.1, 0.15) is 18.2 Å². The van der Waals surface area contributed by atoms with Gasteiger partial charge in [-0.25, -0.2) is 13.8 Å². The van der Waals surface area contributed by atoms with Crippen LogP contribution >= 0.6 is 0 Å². The van der Waals surface area contributed by atoms with E-state index in [-0.39, 0.29) is 49.6 Å². The molecule has 3 rings (SSSR count). The molecule has 0 fully saturated rings. The predicted molar refractivity (Wildman–Crippen MR) is 112 cm³/mol. The summed E-state index contributed by atoms with van der Waals surface area (Å²) in [5.41, 5.74) is 0.904. The molecule has 1 heterocycles. The van der Waals surface area contributed by atoms with Crippen LogP contribution in [0.15, 0.2) is 53.6 Å². The topological polar surface area (TPSA) is 62.2 Å². The lowest BCUT2D eigenvalue weighted by Crippen LogP contribution is -2.42. The van der Waals surface area contributed by atoms with Gasteiger partial charge in [0.05, 0.1) is 18.4 Å². The molecule has 164 valence electrons. The average molecular weight is 429 g/mol. The van der Waals surface area contributed by atoms with Crippen molar-refractivity contribution in [1.82, 2.24) is 9.91 Å². The standard InChI is InChI=1S/C23H25F2N3O3/c1-3-22(29)27(12-13-31-2)15-23(30)28-21(17-9-5-7-11-19(17)25)14-20(26-28)16-8-4-6-10-18(16)24/h4-11,21H,3,12-15H2,1-2H3/t21-/m0/s1. The molecule has 1 atom stereocenters. The first-order chi connectivity index (χ1) is 15.0. The van der Waals surface area contributed by atoms with E-state index in [1.807, 2.05) is 0 Å². The zero-order chi connectivity index (χ0) is 22.4. The highest BCUT2D eigenvalue weighted by molar-refractivity contribution is 6.03. The zero-order valence-corrected chi connectivity index (χ0v) is 17.6. The van der Waals surface area contributed by atoms with Crippen molar-refractivity contribution in [3.63, 3.8) is 0 Å². The number of rotatable bonds is 8. The maximum atomic E-state index is 14.6. The SMILES string of the molecule is CCC(=O)N(CCOC)CC(=O)N1N=C(c2ccccc2F)C[C@H]1c1ccccc1F. The minimum atomic E-state index is -0.732. The Morgan fingerprint density at radius 3 is 2.45 bits per heavy atom. The number of amides is 2. The van der Waals surface area contributed by atoms with Crippen molar-refractivity contribution in [3.05, 3.63) is 71.3 Å². The van der Waals surface area contributed by atoms with Crippen LogP contribution in [0.3, 0.4) is 0 Å². The zero-order valence-electron chi connectivity index (χ0n) is 17.6. The van der Waals surface area contributed by atoms with E-state index in [0.29, 0.717) is 5.71 Å². The molecule has 0 saturated heterocycles. The Bertz CT molecular complexity index is 980. The fourth-order valence-electron chi connectivity index (χ4n) is 3.54. The Kier molecular flexibility index (Phi) is 7.46. The second-order valence-corrected chi connectivity index (χ2v) is 7.17. The number of hydrogen-bond donors (Lipinski definition) is 0. The summed E-state index contributed by atoms with van der Waals surface area (Å²) in [6.45, 7) is 2.00. The van der Waals surface area contributed by atoms with Crippen molar-refractivity contribution in [1.29, 1.82) is 0 Å². The normalized spacial score (nSPS) is 15.7. The van der Waals surface area contributed by atoms with Crippen LogP contribution in [0.2, 0.25) is 0 Å². The number of nitrogens with zero attached hydrogens (tertiary/aromatic N) is 3. The third-order valence-corrected chi connectivity index (χ3v) is 5.16. The molecule has 8 heteroatoms. The van der Waals surface area contributed by atoms with Crippen molar-refractivity contribution < 1.29 is 23.1 Å². The van der Waals surface area contributed by atoms with Gasteiger partial charge < -0.3 is 9.64 Å². The molecule has 0 spiro atoms. The number of carbonyl (C=O) groups is 2. The summed E-state index contributed by atoms with van der Waals surface area (Å²) in [4.78, 5) is 26.8. The van der Waals surface area contributed by atoms with Gasteiger partial charge >= 0.3 is 0 Å². The van der Waals surface area contributed by atoms with Crippen molar-refractivity contribution in [2.75, 3.05) is 26.8 Å². The molecule has 2 aromatic carbocycles. The van der Waals surface area contributed by atoms with Crippen LogP contribution in [0.1, 0.15) is 36.9 Å². The molecule has 1 aliphatic rings. The van der Waals surface area contributed by atoms with E-state index in [0.717, 1.165) is 0 Å². The van der Waals surface area contributed by atoms with Crippen molar-refractivity contribution in [3.8, 4) is 0 Å². The third-order valence-electron chi connectivity index (χ3n) is 5.16. The van der Waals surface area contributed by atoms with Gasteiger partial charge in [-0.15, -0.1) is 0 Å². The quantitative estimate of drug-likeness (QED) is 0.645. The highest BCUT2D eigenvalue weighted by Gasteiger charge is 2.36. The maximum absolute atomic E-state index is 14.6. The number of hydrogen-bond acceptors (Lipinski definition) is 4. The maximum Gasteiger partial charge on any atom is 0.262 e. The smallest absolute Gasteiger partial charge is 0.262 e. The number of ether oxygens (including phenoxy) is 1. The van der Waals surface area contributed by atoms with Gasteiger partial charge in [-0.1, -0.05) is 43.3 Å². The van der Waals surface area contributed by atoms with Gasteiger partial charge in [-0.2, -0.15) is 5.10 Å². The Balaban J connectivity index is 1.93. The van der Waals surface area contributed by atoms with Gasteiger partial charge in [0.25, 0.3) is 5.91 Å². The number of benzene rings is 2. The summed E-state index contributed by atoms with van der Waals surface area (Å²) in [5, 5.41) is 5.53. The van der Waals surface area contributed by atoms with E-state index in [9.17, 15) is 18.4 Å². The molecule has 2 aromatic rings. The lowest BCUT2D eigenvalue weighted by Gasteiger charge is -2.27. The number of halogens is 2. The lowest BCUT2D eigenvalue weighted by molar-refractivity contribution is -0.142. The van der Waals surface area contributed by atoms with Gasteiger partial charge in [0.2, 0.25) is 5.91 Å². The van der Waals surface area contributed by atoms with E-state index >= 15 is 0 Å². The van der Waals surface area contributed by atoms with Crippen molar-refractivity contribution in [2.24, 2.45) is 5.10 Å². The first-order valence-corrected chi connectivity index (χ1v) is 10.1. The molecule has 0 unspecified atom stereocenters. The Hall–Kier alpha value is -3.13. The summed E-state index contributed by atoms with van der Waals surface area (Å²) in [5.74, 6) is -1.62. The molecular formula is C23H25F2N3O3. The van der Waals surface area contributed by atoms with E-state index in [1.54, 1.807) is 43.3 Å². The van der Waals surface area contributed by atoms with Crippen LogP contribution in [0.25, 0.3) is 0 Å². The molecule has 1 aliphatic heterocycles. The monoisotopic (exact) mass is 429 g/mol. The molecule has 2 amide bonds. The first kappa shape index (κ1) is 22.6. The lowest BCUT2D eigenvalue weighted by atomic mass is 9.97. The summed E-state index contributed by atoms with van der Waals surface area (Å²) in [7, 11) is 1.51. The van der Waals surface area contributed by atoms with Gasteiger partial charge in [-0.3, -0.25) is 9.59 Å². The minimum absolute atomic E-state index is 0.160. The van der Waals surface area contributed by atoms with E-state index < -0.39 is 23.6 Å².